The molecule has 5 heteroatoms. The Kier molecular flexibility index (Phi) is 9.87. The lowest BCUT2D eigenvalue weighted by Crippen LogP contribution is -2.22. The first-order chi connectivity index (χ1) is 35.2. The number of hydrogen-bond acceptors (Lipinski definition) is 3. The third kappa shape index (κ3) is 6.83. The van der Waals surface area contributed by atoms with Gasteiger partial charge >= 0.3 is 0 Å². The predicted octanol–water partition coefficient (Wildman–Crippen LogP) is 17.6. The van der Waals surface area contributed by atoms with Crippen LogP contribution >= 0.6 is 0 Å². The van der Waals surface area contributed by atoms with Crippen LogP contribution in [-0.2, 0) is 6.42 Å². The van der Waals surface area contributed by atoms with Gasteiger partial charge < -0.3 is 23.8 Å². The lowest BCUT2D eigenvalue weighted by atomic mass is 9.89. The third-order valence-corrected chi connectivity index (χ3v) is 15.1. The monoisotopic (exact) mass is 913 g/mol. The van der Waals surface area contributed by atoms with Crippen molar-refractivity contribution in [2.45, 2.75) is 38.0 Å². The van der Waals surface area contributed by atoms with E-state index in [2.05, 4.69) is 267 Å². The quantitative estimate of drug-likeness (QED) is 0.144. The van der Waals surface area contributed by atoms with Gasteiger partial charge in [-0.1, -0.05) is 115 Å². The molecule has 8 aromatic carbocycles. The van der Waals surface area contributed by atoms with Crippen molar-refractivity contribution >= 4 is 84.3 Å². The molecule has 0 bridgehead atoms. The first-order valence-electron chi connectivity index (χ1n) is 25.1. The summed E-state index contributed by atoms with van der Waals surface area (Å²) in [6, 6.07) is 73.7. The fourth-order valence-electron chi connectivity index (χ4n) is 12.0. The number of para-hydroxylation sites is 5. The van der Waals surface area contributed by atoms with E-state index in [-0.39, 0.29) is 5.92 Å². The number of aromatic nitrogens is 2. The Bertz CT molecular complexity index is 3850. The van der Waals surface area contributed by atoms with Crippen molar-refractivity contribution in [2.75, 3.05) is 14.7 Å². The van der Waals surface area contributed by atoms with E-state index in [4.69, 9.17) is 0 Å². The summed E-state index contributed by atoms with van der Waals surface area (Å²) in [4.78, 5) is 7.40. The Morgan fingerprint density at radius 1 is 0.437 bits per heavy atom. The van der Waals surface area contributed by atoms with E-state index in [1.807, 2.05) is 0 Å². The maximum atomic E-state index is 2.51. The molecule has 3 aliphatic carbocycles. The second-order valence-corrected chi connectivity index (χ2v) is 19.1. The molecule has 10 aromatic rings. The molecule has 0 radical (unpaired) electrons. The van der Waals surface area contributed by atoms with Crippen LogP contribution in [0, 0.1) is 0 Å². The first-order valence-corrected chi connectivity index (χ1v) is 25.1. The largest absolute Gasteiger partial charge is 0.314 e. The van der Waals surface area contributed by atoms with Gasteiger partial charge in [-0.3, -0.25) is 0 Å². The molecule has 0 saturated carbocycles. The summed E-state index contributed by atoms with van der Waals surface area (Å²) >= 11 is 0. The molecule has 1 unspecified atom stereocenters. The molecular weight excluding hydrogens is 863 g/mol. The number of anilines is 7. The highest BCUT2D eigenvalue weighted by atomic mass is 15.2. The van der Waals surface area contributed by atoms with Gasteiger partial charge in [0, 0.05) is 102 Å². The molecule has 0 saturated heterocycles. The minimum atomic E-state index is 0.221. The molecule has 0 spiro atoms. The molecule has 0 fully saturated rings. The number of fused-ring (bicyclic) bond motifs is 9. The maximum absolute atomic E-state index is 2.51. The highest BCUT2D eigenvalue weighted by Crippen LogP contribution is 2.53. The molecule has 2 aromatic heterocycles. The average molecular weight is 914 g/mol. The van der Waals surface area contributed by atoms with Crippen LogP contribution in [0.5, 0.6) is 0 Å². The smallest absolute Gasteiger partial charge is 0.0539 e. The Morgan fingerprint density at radius 2 is 1.00 bits per heavy atom. The van der Waals surface area contributed by atoms with Crippen LogP contribution in [-0.4, -0.2) is 9.13 Å². The van der Waals surface area contributed by atoms with Crippen molar-refractivity contribution in [3.05, 3.63) is 265 Å². The molecule has 4 aliphatic rings. The van der Waals surface area contributed by atoms with E-state index in [0.29, 0.717) is 0 Å². The fraction of sp³-hybridized carbons (Fsp3) is 0.0909. The molecule has 0 amide bonds. The summed E-state index contributed by atoms with van der Waals surface area (Å²) in [5.74, 6) is 0.221. The lowest BCUT2D eigenvalue weighted by Gasteiger charge is -2.33. The number of nitrogens with zero attached hydrogens (tertiary/aromatic N) is 5. The van der Waals surface area contributed by atoms with Crippen molar-refractivity contribution in [3.63, 3.8) is 0 Å². The van der Waals surface area contributed by atoms with E-state index in [0.717, 1.165) is 60.5 Å². The summed E-state index contributed by atoms with van der Waals surface area (Å²) in [6.45, 7) is 0. The SMILES string of the molecule is C1=CCCC(n2c3ccc(N(C4=CC=C5C(C4)c4ccccc4N5c4ccccc4)c4ccccc4)cc3c3cc(N(c4ccccc4)c4ccc5c(c4)c4c(n5-c5ccccc5)CCC=C4)ccc32)=C1. The summed E-state index contributed by atoms with van der Waals surface area (Å²) in [5, 5.41) is 3.72. The highest BCUT2D eigenvalue weighted by molar-refractivity contribution is 6.13. The molecular formula is C66H51N5. The van der Waals surface area contributed by atoms with E-state index in [9.17, 15) is 0 Å². The Hall–Kier alpha value is -8.80. The molecule has 340 valence electrons. The van der Waals surface area contributed by atoms with Crippen molar-refractivity contribution in [1.29, 1.82) is 0 Å². The van der Waals surface area contributed by atoms with E-state index < -0.39 is 0 Å². The molecule has 71 heavy (non-hydrogen) atoms. The van der Waals surface area contributed by atoms with Crippen molar-refractivity contribution in [1.82, 2.24) is 9.13 Å². The molecule has 0 N–H and O–H groups in total. The topological polar surface area (TPSA) is 19.6 Å². The van der Waals surface area contributed by atoms with Crippen LogP contribution in [0.1, 0.15) is 48.4 Å². The van der Waals surface area contributed by atoms with Crippen LogP contribution in [0.3, 0.4) is 0 Å². The molecule has 1 atom stereocenters. The van der Waals surface area contributed by atoms with Gasteiger partial charge in [0.25, 0.3) is 0 Å². The average Bonchev–Trinajstić information content (AvgIpc) is 4.07. The van der Waals surface area contributed by atoms with E-state index in [1.54, 1.807) is 0 Å². The second kappa shape index (κ2) is 17.0. The second-order valence-electron chi connectivity index (χ2n) is 19.1. The van der Waals surface area contributed by atoms with Crippen molar-refractivity contribution < 1.29 is 0 Å². The van der Waals surface area contributed by atoms with Gasteiger partial charge in [0.15, 0.2) is 0 Å². The number of hydrogen-bond donors (Lipinski definition) is 0. The van der Waals surface area contributed by atoms with Gasteiger partial charge in [0.2, 0.25) is 0 Å². The summed E-state index contributed by atoms with van der Waals surface area (Å²) in [7, 11) is 0. The standard InChI is InChI=1S/C66H51N5/c1-6-20-46(21-7-1)67(51-34-38-63-57(42-51)55-30-16-18-32-61(55)69(63)48-24-10-3-11-25-48)53-36-40-65-59(44-53)60-45-54(37-41-66(60)71(65)50-28-14-5-15-29-50)68(47-22-8-2-9-23-47)52-35-39-64-58(43-52)56-31-17-19-33-62(56)70(64)49-26-12-4-13-27-49/h1-14,16-18,20-28,30-32,34-41,43-45,57H,15,19,29,33,42H2. The summed E-state index contributed by atoms with van der Waals surface area (Å²) in [5.41, 5.74) is 21.0. The molecule has 3 heterocycles. The maximum Gasteiger partial charge on any atom is 0.0539 e. The van der Waals surface area contributed by atoms with Crippen LogP contribution in [0.15, 0.2) is 248 Å². The summed E-state index contributed by atoms with van der Waals surface area (Å²) in [6.07, 6.45) is 21.1. The van der Waals surface area contributed by atoms with Gasteiger partial charge in [-0.15, -0.1) is 0 Å². The molecule has 5 nitrogen and oxygen atoms in total. The van der Waals surface area contributed by atoms with E-state index >= 15 is 0 Å². The minimum Gasteiger partial charge on any atom is -0.314 e. The zero-order chi connectivity index (χ0) is 46.8. The lowest BCUT2D eigenvalue weighted by molar-refractivity contribution is 0.768. The van der Waals surface area contributed by atoms with E-state index in [1.165, 1.54) is 83.7 Å². The fourth-order valence-corrected chi connectivity index (χ4v) is 12.0. The summed E-state index contributed by atoms with van der Waals surface area (Å²) < 4.78 is 4.99. The molecule has 14 rings (SSSR count). The zero-order valence-electron chi connectivity index (χ0n) is 39.4. The Labute approximate surface area is 414 Å². The van der Waals surface area contributed by atoms with Gasteiger partial charge in [-0.25, -0.2) is 0 Å². The van der Waals surface area contributed by atoms with Gasteiger partial charge in [-0.2, -0.15) is 0 Å². The van der Waals surface area contributed by atoms with Gasteiger partial charge in [0.05, 0.1) is 16.6 Å². The van der Waals surface area contributed by atoms with Crippen molar-refractivity contribution in [3.8, 4) is 5.69 Å². The van der Waals surface area contributed by atoms with Gasteiger partial charge in [0.1, 0.15) is 0 Å². The molecule has 1 aliphatic heterocycles. The minimum absolute atomic E-state index is 0.221. The Balaban J connectivity index is 0.943. The van der Waals surface area contributed by atoms with Crippen molar-refractivity contribution in [2.24, 2.45) is 0 Å². The normalized spacial score (nSPS) is 15.9. The third-order valence-electron chi connectivity index (χ3n) is 15.1. The van der Waals surface area contributed by atoms with Crippen LogP contribution in [0.2, 0.25) is 0 Å². The first kappa shape index (κ1) is 41.2. The Morgan fingerprint density at radius 3 is 1.66 bits per heavy atom. The number of rotatable bonds is 9. The van der Waals surface area contributed by atoms with Gasteiger partial charge in [-0.05, 0) is 159 Å². The number of allylic oxidation sites excluding steroid dienone is 9. The van der Waals surface area contributed by atoms with Crippen LogP contribution < -0.4 is 14.7 Å². The highest BCUT2D eigenvalue weighted by Gasteiger charge is 2.37. The zero-order valence-corrected chi connectivity index (χ0v) is 39.4. The van der Waals surface area contributed by atoms with Crippen LogP contribution in [0.4, 0.5) is 39.8 Å². The van der Waals surface area contributed by atoms with Crippen LogP contribution in [0.25, 0.3) is 50.2 Å². The predicted molar refractivity (Wildman–Crippen MR) is 298 cm³/mol. The number of benzene rings is 8.